The van der Waals surface area contributed by atoms with Crippen molar-refractivity contribution in [2.75, 3.05) is 13.2 Å². The molecule has 5 rings (SSSR count). The van der Waals surface area contributed by atoms with Crippen molar-refractivity contribution in [2.24, 2.45) is 5.73 Å². The van der Waals surface area contributed by atoms with E-state index in [0.29, 0.717) is 17.1 Å². The van der Waals surface area contributed by atoms with Gasteiger partial charge in [0.05, 0.1) is 13.2 Å². The minimum Gasteiger partial charge on any atom is -0.461 e. The first-order valence-corrected chi connectivity index (χ1v) is 14.8. The molecule has 13 heteroatoms. The van der Waals surface area contributed by atoms with Gasteiger partial charge in [-0.2, -0.15) is 0 Å². The standard InChI is InChI=1S/C33H41NO12/c1-16-12-20(8-10-22(16)43-30-32(3,41)28(39)26(37)24(14-35)45-30)18-4-6-19(7-5-18)21-9-11-23(17(2)13-21)44-31-33(34,42)29(40)27(38)25(15-36)46-31/h4-13,24-31,35-42H,14-15,34H2,1-3H3/t24-,25-,26-,27-,28+,29+,30+,31+,32+,33+/m1/s1. The molecule has 0 saturated carbocycles. The van der Waals surface area contributed by atoms with E-state index in [4.69, 9.17) is 24.7 Å². The van der Waals surface area contributed by atoms with Gasteiger partial charge in [0, 0.05) is 0 Å². The highest BCUT2D eigenvalue weighted by molar-refractivity contribution is 5.72. The van der Waals surface area contributed by atoms with Crippen molar-refractivity contribution >= 4 is 0 Å². The molecule has 2 saturated heterocycles. The van der Waals surface area contributed by atoms with Gasteiger partial charge in [0.25, 0.3) is 0 Å². The summed E-state index contributed by atoms with van der Waals surface area (Å²) in [4.78, 5) is 0. The minimum atomic E-state index is -2.42. The number of hydrogen-bond donors (Lipinski definition) is 9. The molecule has 0 radical (unpaired) electrons. The molecule has 3 aromatic carbocycles. The van der Waals surface area contributed by atoms with Crippen LogP contribution in [0, 0.1) is 13.8 Å². The minimum absolute atomic E-state index is 0.324. The number of hydrogen-bond acceptors (Lipinski definition) is 13. The molecule has 0 aromatic heterocycles. The van der Waals surface area contributed by atoms with E-state index in [1.165, 1.54) is 6.92 Å². The summed E-state index contributed by atoms with van der Waals surface area (Å²) < 4.78 is 22.7. The molecule has 2 aliphatic heterocycles. The lowest BCUT2D eigenvalue weighted by molar-refractivity contribution is -0.319. The fourth-order valence-corrected chi connectivity index (χ4v) is 5.61. The number of aliphatic hydroxyl groups excluding tert-OH is 6. The average molecular weight is 644 g/mol. The molecule has 0 spiro atoms. The maximum atomic E-state index is 10.8. The molecular formula is C33H41NO12. The Labute approximate surface area is 265 Å². The van der Waals surface area contributed by atoms with Crippen molar-refractivity contribution in [3.63, 3.8) is 0 Å². The van der Waals surface area contributed by atoms with Gasteiger partial charge in [-0.05, 0) is 78.4 Å². The van der Waals surface area contributed by atoms with E-state index in [1.54, 1.807) is 25.1 Å². The summed E-state index contributed by atoms with van der Waals surface area (Å²) in [6.07, 6.45) is -11.7. The van der Waals surface area contributed by atoms with Crippen molar-refractivity contribution in [2.45, 2.75) is 81.3 Å². The lowest BCUT2D eigenvalue weighted by Gasteiger charge is -2.45. The highest BCUT2D eigenvalue weighted by atomic mass is 16.7. The van der Waals surface area contributed by atoms with Crippen LogP contribution < -0.4 is 15.2 Å². The van der Waals surface area contributed by atoms with Crippen LogP contribution >= 0.6 is 0 Å². The number of benzene rings is 3. The summed E-state index contributed by atoms with van der Waals surface area (Å²) in [5.41, 5.74) is 6.47. The zero-order chi connectivity index (χ0) is 33.6. The van der Waals surface area contributed by atoms with Gasteiger partial charge in [-0.25, -0.2) is 0 Å². The van der Waals surface area contributed by atoms with Crippen LogP contribution in [0.2, 0.25) is 0 Å². The highest BCUT2D eigenvalue weighted by Gasteiger charge is 2.55. The second kappa shape index (κ2) is 13.1. The molecule has 10 atom stereocenters. The number of rotatable bonds is 8. The van der Waals surface area contributed by atoms with Crippen molar-refractivity contribution in [1.29, 1.82) is 0 Å². The molecule has 2 fully saturated rings. The van der Waals surface area contributed by atoms with Crippen molar-refractivity contribution in [3.05, 3.63) is 71.8 Å². The lowest BCUT2D eigenvalue weighted by atomic mass is 9.88. The number of aryl methyl sites for hydroxylation is 2. The number of ether oxygens (including phenoxy) is 4. The number of aliphatic hydroxyl groups is 8. The molecule has 13 nitrogen and oxygen atoms in total. The quantitative estimate of drug-likeness (QED) is 0.144. The van der Waals surface area contributed by atoms with E-state index >= 15 is 0 Å². The van der Waals surface area contributed by atoms with Gasteiger partial charge in [-0.1, -0.05) is 36.4 Å². The van der Waals surface area contributed by atoms with Gasteiger partial charge in [-0.3, -0.25) is 5.73 Å². The van der Waals surface area contributed by atoms with Crippen LogP contribution in [0.3, 0.4) is 0 Å². The lowest BCUT2D eigenvalue weighted by Crippen LogP contribution is -2.72. The normalized spacial score (nSPS) is 34.7. The van der Waals surface area contributed by atoms with Crippen LogP contribution in [0.5, 0.6) is 11.5 Å². The third-order valence-electron chi connectivity index (χ3n) is 8.66. The summed E-state index contributed by atoms with van der Waals surface area (Å²) in [6.45, 7) is 3.73. The zero-order valence-corrected chi connectivity index (χ0v) is 25.6. The van der Waals surface area contributed by atoms with E-state index in [-0.39, 0.29) is 0 Å². The second-order valence-electron chi connectivity index (χ2n) is 12.1. The summed E-state index contributed by atoms with van der Waals surface area (Å²) in [5, 5.41) is 81.0. The molecule has 0 bridgehead atoms. The zero-order valence-electron chi connectivity index (χ0n) is 25.6. The topological polar surface area (TPSA) is 225 Å². The molecule has 10 N–H and O–H groups in total. The van der Waals surface area contributed by atoms with E-state index in [0.717, 1.165) is 27.8 Å². The Morgan fingerprint density at radius 3 is 1.48 bits per heavy atom. The summed E-state index contributed by atoms with van der Waals surface area (Å²) >= 11 is 0. The van der Waals surface area contributed by atoms with Gasteiger partial charge >= 0.3 is 0 Å². The molecule has 3 aromatic rings. The second-order valence-corrected chi connectivity index (χ2v) is 12.1. The highest BCUT2D eigenvalue weighted by Crippen LogP contribution is 2.36. The van der Waals surface area contributed by atoms with Crippen molar-refractivity contribution in [1.82, 2.24) is 0 Å². The fourth-order valence-electron chi connectivity index (χ4n) is 5.61. The third kappa shape index (κ3) is 6.37. The van der Waals surface area contributed by atoms with Gasteiger partial charge < -0.3 is 59.8 Å². The molecular weight excluding hydrogens is 602 g/mol. The third-order valence-corrected chi connectivity index (χ3v) is 8.66. The molecule has 46 heavy (non-hydrogen) atoms. The van der Waals surface area contributed by atoms with Gasteiger partial charge in [-0.15, -0.1) is 0 Å². The Hall–Kier alpha value is -3.18. The summed E-state index contributed by atoms with van der Waals surface area (Å²) in [5.74, 6) is 0.720. The summed E-state index contributed by atoms with van der Waals surface area (Å²) in [6, 6.07) is 18.6. The van der Waals surface area contributed by atoms with Crippen LogP contribution in [0.4, 0.5) is 0 Å². The molecule has 2 heterocycles. The van der Waals surface area contributed by atoms with Crippen LogP contribution in [0.15, 0.2) is 60.7 Å². The van der Waals surface area contributed by atoms with Crippen LogP contribution in [0.25, 0.3) is 22.3 Å². The predicted octanol–water partition coefficient (Wildman–Crippen LogP) is -0.329. The Bertz CT molecular complexity index is 1400. The van der Waals surface area contributed by atoms with Crippen LogP contribution in [-0.4, -0.2) is 115 Å². The maximum Gasteiger partial charge on any atom is 0.245 e. The van der Waals surface area contributed by atoms with E-state index in [1.807, 2.05) is 49.4 Å². The van der Waals surface area contributed by atoms with E-state index in [2.05, 4.69) is 0 Å². The first-order valence-electron chi connectivity index (χ1n) is 14.8. The fraction of sp³-hybridized carbons (Fsp3) is 0.455. The van der Waals surface area contributed by atoms with Crippen molar-refractivity contribution < 1.29 is 59.8 Å². The molecule has 0 amide bonds. The van der Waals surface area contributed by atoms with Gasteiger partial charge in [0.1, 0.15) is 48.1 Å². The Kier molecular flexibility index (Phi) is 9.76. The maximum absolute atomic E-state index is 10.8. The first kappa shape index (κ1) is 34.2. The van der Waals surface area contributed by atoms with Crippen LogP contribution in [0.1, 0.15) is 18.1 Å². The first-order chi connectivity index (χ1) is 21.7. The van der Waals surface area contributed by atoms with E-state index < -0.39 is 73.7 Å². The van der Waals surface area contributed by atoms with Gasteiger partial charge in [0.2, 0.25) is 18.3 Å². The van der Waals surface area contributed by atoms with Gasteiger partial charge in [0.15, 0.2) is 5.60 Å². The largest absolute Gasteiger partial charge is 0.461 e. The average Bonchev–Trinajstić information content (AvgIpc) is 3.03. The SMILES string of the molecule is Cc1cc(-c2ccc(-c3ccc(O[C@H]4O[C@H](CO)[C@@H](O)[C@H](O)[C@]4(N)O)c(C)c3)cc2)ccc1O[C@H]1O[C@H](CO)[C@@H](O)[C@H](O)[C@]1(C)O. The van der Waals surface area contributed by atoms with Crippen LogP contribution in [-0.2, 0) is 9.47 Å². The molecule has 0 aliphatic carbocycles. The molecule has 2 aliphatic rings. The summed E-state index contributed by atoms with van der Waals surface area (Å²) in [7, 11) is 0. The molecule has 250 valence electrons. The van der Waals surface area contributed by atoms with Crippen molar-refractivity contribution in [3.8, 4) is 33.8 Å². The smallest absolute Gasteiger partial charge is 0.245 e. The Morgan fingerprint density at radius 2 is 1.04 bits per heavy atom. The Balaban J connectivity index is 1.28. The monoisotopic (exact) mass is 643 g/mol. The van der Waals surface area contributed by atoms with E-state index in [9.17, 15) is 40.9 Å². The molecule has 0 unspecified atom stereocenters. The Morgan fingerprint density at radius 1 is 0.652 bits per heavy atom. The predicted molar refractivity (Wildman–Crippen MR) is 163 cm³/mol. The number of nitrogens with two attached hydrogens (primary N) is 1.